The Morgan fingerprint density at radius 3 is 2.62 bits per heavy atom. The van der Waals surface area contributed by atoms with Gasteiger partial charge in [0.2, 0.25) is 10.0 Å². The minimum absolute atomic E-state index is 0.0208. The lowest BCUT2D eigenvalue weighted by atomic mass is 10.1. The molecule has 0 aliphatic carbocycles. The standard InChI is InChI=1S/C28H30FNO6S/c1-34-28(31)25-12-3-5-14-27(25)37(32,33)30(20-24-11-7-16-35-24)19-21-8-6-10-23(18-21)36-17-15-22-9-2-4-13-26(22)29/h2-6,8-10,12-14,18,24H,7,11,15-17,19-20H2,1H3/t24-/m0/s1. The van der Waals surface area contributed by atoms with Crippen molar-refractivity contribution < 1.29 is 31.8 Å². The molecule has 0 aromatic heterocycles. The van der Waals surface area contributed by atoms with E-state index in [0.717, 1.165) is 12.8 Å². The molecule has 0 amide bonds. The molecule has 0 unspecified atom stereocenters. The molecule has 1 aliphatic rings. The minimum Gasteiger partial charge on any atom is -0.493 e. The van der Waals surface area contributed by atoms with E-state index in [1.807, 2.05) is 6.07 Å². The maximum atomic E-state index is 13.9. The van der Waals surface area contributed by atoms with E-state index in [2.05, 4.69) is 0 Å². The van der Waals surface area contributed by atoms with Gasteiger partial charge in [-0.25, -0.2) is 17.6 Å². The van der Waals surface area contributed by atoms with Crippen molar-refractivity contribution in [1.82, 2.24) is 4.31 Å². The monoisotopic (exact) mass is 527 g/mol. The molecule has 1 saturated heterocycles. The molecule has 37 heavy (non-hydrogen) atoms. The summed E-state index contributed by atoms with van der Waals surface area (Å²) in [5.41, 5.74) is 1.25. The molecule has 0 bridgehead atoms. The van der Waals surface area contributed by atoms with Gasteiger partial charge in [-0.2, -0.15) is 4.31 Å². The van der Waals surface area contributed by atoms with Crippen LogP contribution in [0.5, 0.6) is 5.75 Å². The van der Waals surface area contributed by atoms with Gasteiger partial charge in [-0.05, 0) is 54.3 Å². The SMILES string of the molecule is COC(=O)c1ccccc1S(=O)(=O)N(Cc1cccc(OCCc2ccccc2F)c1)C[C@@H]1CCCO1. The summed E-state index contributed by atoms with van der Waals surface area (Å²) >= 11 is 0. The van der Waals surface area contributed by atoms with Crippen molar-refractivity contribution >= 4 is 16.0 Å². The lowest BCUT2D eigenvalue weighted by molar-refractivity contribution is 0.0596. The highest BCUT2D eigenvalue weighted by atomic mass is 32.2. The normalized spacial score (nSPS) is 15.6. The second-order valence-electron chi connectivity index (χ2n) is 8.76. The van der Waals surface area contributed by atoms with Crippen LogP contribution >= 0.6 is 0 Å². The van der Waals surface area contributed by atoms with Crippen molar-refractivity contribution in [2.24, 2.45) is 0 Å². The summed E-state index contributed by atoms with van der Waals surface area (Å²) in [6.45, 7) is 1.07. The van der Waals surface area contributed by atoms with Crippen LogP contribution < -0.4 is 4.74 Å². The first kappa shape index (κ1) is 26.8. The number of sulfonamides is 1. The van der Waals surface area contributed by atoms with Gasteiger partial charge in [0.05, 0.1) is 30.3 Å². The molecular formula is C28H30FNO6S. The molecule has 4 rings (SSSR count). The van der Waals surface area contributed by atoms with E-state index >= 15 is 0 Å². The minimum atomic E-state index is -4.07. The Morgan fingerprint density at radius 1 is 1.08 bits per heavy atom. The molecule has 7 nitrogen and oxygen atoms in total. The molecule has 9 heteroatoms. The first-order chi connectivity index (χ1) is 17.9. The fourth-order valence-corrected chi connectivity index (χ4v) is 5.93. The largest absolute Gasteiger partial charge is 0.493 e. The number of methoxy groups -OCH3 is 1. The Labute approximate surface area is 216 Å². The molecular weight excluding hydrogens is 497 g/mol. The van der Waals surface area contributed by atoms with Gasteiger partial charge in [0.15, 0.2) is 0 Å². The summed E-state index contributed by atoms with van der Waals surface area (Å²) in [5.74, 6) is -0.443. The number of rotatable bonds is 11. The van der Waals surface area contributed by atoms with E-state index in [-0.39, 0.29) is 42.1 Å². The molecule has 0 saturated carbocycles. The first-order valence-electron chi connectivity index (χ1n) is 12.1. The molecule has 3 aromatic carbocycles. The van der Waals surface area contributed by atoms with Gasteiger partial charge < -0.3 is 14.2 Å². The van der Waals surface area contributed by atoms with E-state index in [0.29, 0.717) is 29.9 Å². The third-order valence-electron chi connectivity index (χ3n) is 6.20. The van der Waals surface area contributed by atoms with Crippen molar-refractivity contribution in [3.05, 3.63) is 95.3 Å². The van der Waals surface area contributed by atoms with Crippen molar-refractivity contribution in [3.8, 4) is 5.75 Å². The third kappa shape index (κ3) is 6.74. The number of ether oxygens (including phenoxy) is 3. The number of nitrogens with zero attached hydrogens (tertiary/aromatic N) is 1. The van der Waals surface area contributed by atoms with Gasteiger partial charge >= 0.3 is 5.97 Å². The summed E-state index contributed by atoms with van der Waals surface area (Å²) in [6, 6.07) is 19.7. The van der Waals surface area contributed by atoms with Crippen LogP contribution in [0.2, 0.25) is 0 Å². The number of hydrogen-bond acceptors (Lipinski definition) is 6. The Balaban J connectivity index is 1.54. The molecule has 1 atom stereocenters. The molecule has 0 N–H and O–H groups in total. The zero-order chi connectivity index (χ0) is 26.3. The predicted molar refractivity (Wildman–Crippen MR) is 136 cm³/mol. The van der Waals surface area contributed by atoms with Crippen LogP contribution in [0.1, 0.15) is 34.3 Å². The van der Waals surface area contributed by atoms with Crippen molar-refractivity contribution in [1.29, 1.82) is 0 Å². The van der Waals surface area contributed by atoms with E-state index < -0.39 is 16.0 Å². The van der Waals surface area contributed by atoms with Gasteiger partial charge in [0.1, 0.15) is 11.6 Å². The fourth-order valence-electron chi connectivity index (χ4n) is 4.29. The second kappa shape index (κ2) is 12.3. The van der Waals surface area contributed by atoms with Crippen LogP contribution in [0, 0.1) is 5.82 Å². The van der Waals surface area contributed by atoms with E-state index in [9.17, 15) is 17.6 Å². The van der Waals surface area contributed by atoms with E-state index in [4.69, 9.17) is 14.2 Å². The zero-order valence-electron chi connectivity index (χ0n) is 20.6. The number of carbonyl (C=O) groups is 1. The van der Waals surface area contributed by atoms with Crippen molar-refractivity contribution in [3.63, 3.8) is 0 Å². The van der Waals surface area contributed by atoms with Crippen LogP contribution in [-0.4, -0.2) is 51.7 Å². The number of esters is 1. The molecule has 0 radical (unpaired) electrons. The van der Waals surface area contributed by atoms with Gasteiger partial charge in [-0.15, -0.1) is 0 Å². The highest BCUT2D eigenvalue weighted by Crippen LogP contribution is 2.26. The first-order valence-corrected chi connectivity index (χ1v) is 13.6. The lowest BCUT2D eigenvalue weighted by Gasteiger charge is -2.26. The van der Waals surface area contributed by atoms with Crippen molar-refractivity contribution in [2.75, 3.05) is 26.9 Å². The number of carbonyl (C=O) groups excluding carboxylic acids is 1. The average molecular weight is 528 g/mol. The van der Waals surface area contributed by atoms with Gasteiger partial charge in [0.25, 0.3) is 0 Å². The lowest BCUT2D eigenvalue weighted by Crippen LogP contribution is -2.37. The fraction of sp³-hybridized carbons (Fsp3) is 0.321. The number of benzene rings is 3. The van der Waals surface area contributed by atoms with Crippen LogP contribution in [0.25, 0.3) is 0 Å². The Bertz CT molecular complexity index is 1320. The maximum absolute atomic E-state index is 13.9. The van der Waals surface area contributed by atoms with E-state index in [1.165, 1.54) is 29.6 Å². The Kier molecular flexibility index (Phi) is 8.91. The molecule has 196 valence electrons. The Morgan fingerprint density at radius 2 is 1.86 bits per heavy atom. The molecule has 3 aromatic rings. The summed E-state index contributed by atoms with van der Waals surface area (Å²) in [7, 11) is -2.86. The highest BCUT2D eigenvalue weighted by molar-refractivity contribution is 7.89. The summed E-state index contributed by atoms with van der Waals surface area (Å²) in [6.07, 6.45) is 1.79. The molecule has 1 fully saturated rings. The smallest absolute Gasteiger partial charge is 0.339 e. The molecule has 0 spiro atoms. The van der Waals surface area contributed by atoms with Crippen LogP contribution in [0.4, 0.5) is 4.39 Å². The van der Waals surface area contributed by atoms with Gasteiger partial charge in [0, 0.05) is 26.1 Å². The number of halogens is 1. The van der Waals surface area contributed by atoms with Crippen LogP contribution in [0.3, 0.4) is 0 Å². The topological polar surface area (TPSA) is 82.1 Å². The zero-order valence-corrected chi connectivity index (χ0v) is 21.5. The second-order valence-corrected chi connectivity index (χ2v) is 10.7. The molecule has 1 heterocycles. The van der Waals surface area contributed by atoms with Crippen molar-refractivity contribution in [2.45, 2.75) is 36.8 Å². The number of hydrogen-bond donors (Lipinski definition) is 0. The van der Waals surface area contributed by atoms with Crippen LogP contribution in [-0.2, 0) is 32.5 Å². The Hall–Kier alpha value is -3.27. The predicted octanol–water partition coefficient (Wildman–Crippen LogP) is 4.60. The summed E-state index contributed by atoms with van der Waals surface area (Å²) in [5, 5.41) is 0. The quantitative estimate of drug-likeness (QED) is 0.339. The summed E-state index contributed by atoms with van der Waals surface area (Å²) < 4.78 is 59.2. The van der Waals surface area contributed by atoms with Crippen LogP contribution in [0.15, 0.2) is 77.7 Å². The summed E-state index contributed by atoms with van der Waals surface area (Å²) in [4.78, 5) is 12.2. The maximum Gasteiger partial charge on any atom is 0.339 e. The highest BCUT2D eigenvalue weighted by Gasteiger charge is 2.32. The van der Waals surface area contributed by atoms with E-state index in [1.54, 1.807) is 48.5 Å². The van der Waals surface area contributed by atoms with Gasteiger partial charge in [-0.3, -0.25) is 0 Å². The average Bonchev–Trinajstić information content (AvgIpc) is 3.42. The molecule has 1 aliphatic heterocycles. The third-order valence-corrected chi connectivity index (χ3v) is 8.07. The van der Waals surface area contributed by atoms with Gasteiger partial charge in [-0.1, -0.05) is 42.5 Å².